The van der Waals surface area contributed by atoms with E-state index < -0.39 is 14.9 Å². The van der Waals surface area contributed by atoms with E-state index in [0.29, 0.717) is 48.5 Å². The number of halogens is 1. The number of hydrogen-bond donors (Lipinski definition) is 0. The fourth-order valence-corrected chi connectivity index (χ4v) is 6.14. The van der Waals surface area contributed by atoms with Gasteiger partial charge in [-0.3, -0.25) is 15.0 Å². The van der Waals surface area contributed by atoms with E-state index in [2.05, 4.69) is 10.1 Å². The first-order valence-corrected chi connectivity index (χ1v) is 11.5. The van der Waals surface area contributed by atoms with Gasteiger partial charge in [-0.2, -0.15) is 9.29 Å². The van der Waals surface area contributed by atoms with Gasteiger partial charge in [0, 0.05) is 43.9 Å². The van der Waals surface area contributed by atoms with Crippen LogP contribution in [0.1, 0.15) is 5.89 Å². The molecule has 3 aromatic rings. The van der Waals surface area contributed by atoms with Crippen molar-refractivity contribution in [1.29, 1.82) is 0 Å². The lowest BCUT2D eigenvalue weighted by atomic mass is 10.2. The SMILES string of the molecule is O=[N+]([O-])c1cccc(-c2noc(CN3CCN(S(=O)(=O)c4ccc(Cl)s4)CC3)n2)c1. The minimum absolute atomic E-state index is 0.0526. The van der Waals surface area contributed by atoms with Gasteiger partial charge in [0.05, 0.1) is 15.8 Å². The molecule has 0 bridgehead atoms. The van der Waals surface area contributed by atoms with Crippen molar-refractivity contribution >= 4 is 38.6 Å². The summed E-state index contributed by atoms with van der Waals surface area (Å²) in [6.07, 6.45) is 0. The summed E-state index contributed by atoms with van der Waals surface area (Å²) in [6.45, 7) is 2.05. The average molecular weight is 470 g/mol. The number of sulfonamides is 1. The van der Waals surface area contributed by atoms with E-state index in [-0.39, 0.29) is 15.7 Å². The van der Waals surface area contributed by atoms with Crippen LogP contribution in [-0.2, 0) is 16.6 Å². The number of aromatic nitrogens is 2. The predicted molar refractivity (Wildman–Crippen MR) is 110 cm³/mol. The first-order valence-electron chi connectivity index (χ1n) is 8.88. The van der Waals surface area contributed by atoms with Gasteiger partial charge in [0.15, 0.2) is 0 Å². The number of thiophene rings is 1. The maximum atomic E-state index is 12.7. The Morgan fingerprint density at radius 3 is 2.63 bits per heavy atom. The second-order valence-corrected chi connectivity index (χ2v) is 10.4. The molecule has 1 fully saturated rings. The summed E-state index contributed by atoms with van der Waals surface area (Å²) in [4.78, 5) is 16.8. The Hall–Kier alpha value is -2.38. The van der Waals surface area contributed by atoms with Gasteiger partial charge >= 0.3 is 0 Å². The molecule has 1 aromatic carbocycles. The minimum Gasteiger partial charge on any atom is -0.338 e. The summed E-state index contributed by atoms with van der Waals surface area (Å²) < 4.78 is 32.7. The van der Waals surface area contributed by atoms with Crippen molar-refractivity contribution in [2.45, 2.75) is 10.8 Å². The van der Waals surface area contributed by atoms with Crippen molar-refractivity contribution in [2.24, 2.45) is 0 Å². The minimum atomic E-state index is -3.55. The van der Waals surface area contributed by atoms with E-state index in [9.17, 15) is 18.5 Å². The Balaban J connectivity index is 1.38. The monoisotopic (exact) mass is 469 g/mol. The Morgan fingerprint density at radius 2 is 1.97 bits per heavy atom. The van der Waals surface area contributed by atoms with Gasteiger partial charge in [-0.25, -0.2) is 8.42 Å². The zero-order valence-corrected chi connectivity index (χ0v) is 17.9. The van der Waals surface area contributed by atoms with E-state index in [4.69, 9.17) is 16.1 Å². The number of benzene rings is 1. The summed E-state index contributed by atoms with van der Waals surface area (Å²) in [5, 5.41) is 14.8. The predicted octanol–water partition coefficient (Wildman–Crippen LogP) is 2.87. The molecule has 0 radical (unpaired) electrons. The molecule has 4 rings (SSSR count). The molecule has 2 aromatic heterocycles. The maximum absolute atomic E-state index is 12.7. The molecule has 0 amide bonds. The van der Waals surface area contributed by atoms with Crippen LogP contribution in [0.3, 0.4) is 0 Å². The van der Waals surface area contributed by atoms with Crippen LogP contribution in [0.15, 0.2) is 45.1 Å². The first-order chi connectivity index (χ1) is 14.3. The van der Waals surface area contributed by atoms with Crippen molar-refractivity contribution < 1.29 is 17.9 Å². The lowest BCUT2D eigenvalue weighted by Crippen LogP contribution is -2.48. The summed E-state index contributed by atoms with van der Waals surface area (Å²) in [5.41, 5.74) is 0.438. The highest BCUT2D eigenvalue weighted by Crippen LogP contribution is 2.29. The van der Waals surface area contributed by atoms with Crippen molar-refractivity contribution in [1.82, 2.24) is 19.3 Å². The van der Waals surface area contributed by atoms with Crippen LogP contribution in [0.5, 0.6) is 0 Å². The standard InChI is InChI=1S/C17H16ClN5O5S2/c18-14-4-5-16(29-14)30(26,27)22-8-6-21(7-9-22)11-15-19-17(20-28-15)12-2-1-3-13(10-12)23(24)25/h1-5,10H,6-9,11H2. The van der Waals surface area contributed by atoms with Crippen molar-refractivity contribution in [3.8, 4) is 11.4 Å². The van der Waals surface area contributed by atoms with Gasteiger partial charge in [0.25, 0.3) is 15.7 Å². The first kappa shape index (κ1) is 20.9. The van der Waals surface area contributed by atoms with Crippen LogP contribution in [0.2, 0.25) is 4.34 Å². The number of non-ortho nitro benzene ring substituents is 1. The second-order valence-electron chi connectivity index (χ2n) is 6.56. The zero-order valence-electron chi connectivity index (χ0n) is 15.5. The molecule has 0 saturated carbocycles. The molecule has 3 heterocycles. The largest absolute Gasteiger partial charge is 0.338 e. The molecule has 0 spiro atoms. The molecule has 0 atom stereocenters. The van der Waals surface area contributed by atoms with Crippen LogP contribution >= 0.6 is 22.9 Å². The second kappa shape index (κ2) is 8.40. The normalized spacial score (nSPS) is 16.0. The van der Waals surface area contributed by atoms with E-state index in [1.165, 1.54) is 22.5 Å². The third-order valence-corrected chi connectivity index (χ3v) is 8.21. The quantitative estimate of drug-likeness (QED) is 0.399. The molecule has 0 aliphatic carbocycles. The van der Waals surface area contributed by atoms with Gasteiger partial charge in [-0.05, 0) is 12.1 Å². The van der Waals surface area contributed by atoms with Gasteiger partial charge < -0.3 is 4.52 Å². The Morgan fingerprint density at radius 1 is 1.20 bits per heavy atom. The fraction of sp³-hybridized carbons (Fsp3) is 0.294. The number of hydrogen-bond acceptors (Lipinski definition) is 9. The van der Waals surface area contributed by atoms with Crippen LogP contribution in [0, 0.1) is 10.1 Å². The van der Waals surface area contributed by atoms with Crippen molar-refractivity contribution in [3.63, 3.8) is 0 Å². The molecule has 1 aliphatic rings. The van der Waals surface area contributed by atoms with Gasteiger partial charge in [0.1, 0.15) is 4.21 Å². The number of piperazine rings is 1. The van der Waals surface area contributed by atoms with Gasteiger partial charge in [-0.15, -0.1) is 11.3 Å². The number of nitro groups is 1. The molecule has 1 aliphatic heterocycles. The van der Waals surface area contributed by atoms with Crippen molar-refractivity contribution in [2.75, 3.05) is 26.2 Å². The number of nitro benzene ring substituents is 1. The Bertz CT molecular complexity index is 1170. The lowest BCUT2D eigenvalue weighted by molar-refractivity contribution is -0.384. The Labute approximate surface area is 180 Å². The fourth-order valence-electron chi connectivity index (χ4n) is 3.08. The molecular weight excluding hydrogens is 454 g/mol. The van der Waals surface area contributed by atoms with Crippen LogP contribution in [0.25, 0.3) is 11.4 Å². The topological polar surface area (TPSA) is 123 Å². The number of nitrogens with zero attached hydrogens (tertiary/aromatic N) is 5. The Kier molecular flexibility index (Phi) is 5.84. The maximum Gasteiger partial charge on any atom is 0.270 e. The molecular formula is C17H16ClN5O5S2. The van der Waals surface area contributed by atoms with Crippen molar-refractivity contribution in [3.05, 3.63) is 56.7 Å². The molecule has 30 heavy (non-hydrogen) atoms. The van der Waals surface area contributed by atoms with Crippen LogP contribution < -0.4 is 0 Å². The van der Waals surface area contributed by atoms with E-state index in [1.807, 2.05) is 4.90 Å². The summed E-state index contributed by atoms with van der Waals surface area (Å²) in [7, 11) is -3.55. The smallest absolute Gasteiger partial charge is 0.270 e. The average Bonchev–Trinajstić information content (AvgIpc) is 3.38. The zero-order chi connectivity index (χ0) is 21.3. The molecule has 158 valence electrons. The van der Waals surface area contributed by atoms with Gasteiger partial charge in [0.2, 0.25) is 11.7 Å². The highest BCUT2D eigenvalue weighted by Gasteiger charge is 2.30. The summed E-state index contributed by atoms with van der Waals surface area (Å²) >= 11 is 6.90. The highest BCUT2D eigenvalue weighted by atomic mass is 35.5. The molecule has 0 unspecified atom stereocenters. The van der Waals surface area contributed by atoms with E-state index >= 15 is 0 Å². The molecule has 1 saturated heterocycles. The molecule has 0 N–H and O–H groups in total. The van der Waals surface area contributed by atoms with Gasteiger partial charge in [-0.1, -0.05) is 28.9 Å². The number of rotatable bonds is 6. The third kappa shape index (κ3) is 4.37. The van der Waals surface area contributed by atoms with E-state index in [1.54, 1.807) is 18.2 Å². The third-order valence-electron chi connectivity index (χ3n) is 4.62. The van der Waals surface area contributed by atoms with Crippen LogP contribution in [0.4, 0.5) is 5.69 Å². The molecule has 10 nitrogen and oxygen atoms in total. The molecule has 13 heteroatoms. The van der Waals surface area contributed by atoms with E-state index in [0.717, 1.165) is 11.3 Å². The lowest BCUT2D eigenvalue weighted by Gasteiger charge is -2.32. The van der Waals surface area contributed by atoms with Crippen LogP contribution in [-0.4, -0.2) is 58.9 Å². The highest BCUT2D eigenvalue weighted by molar-refractivity contribution is 7.91. The summed E-state index contributed by atoms with van der Waals surface area (Å²) in [6, 6.07) is 9.09. The summed E-state index contributed by atoms with van der Waals surface area (Å²) in [5.74, 6) is 0.627.